The van der Waals surface area contributed by atoms with Crippen molar-refractivity contribution in [1.29, 1.82) is 0 Å². The number of hydrogen-bond acceptors (Lipinski definition) is 6. The molecule has 1 aliphatic heterocycles. The van der Waals surface area contributed by atoms with Crippen LogP contribution < -0.4 is 5.32 Å². The number of nitrogens with one attached hydrogen (secondary N) is 1. The topological polar surface area (TPSA) is 92.3 Å². The summed E-state index contributed by atoms with van der Waals surface area (Å²) in [6.07, 6.45) is 4.96. The SMILES string of the molecule is CC(C)c1nnc(NC(=O)C(C)N2C(=O)C3C4C=CC(C4)C3C2=O)s1. The Morgan fingerprint density at radius 3 is 2.28 bits per heavy atom. The number of aromatic nitrogens is 2. The number of likely N-dealkylation sites (tertiary alicyclic amines) is 1. The van der Waals surface area contributed by atoms with Gasteiger partial charge in [-0.2, -0.15) is 0 Å². The first kappa shape index (κ1) is 16.4. The van der Waals surface area contributed by atoms with Gasteiger partial charge in [-0.1, -0.05) is 37.3 Å². The van der Waals surface area contributed by atoms with Crippen LogP contribution in [-0.4, -0.2) is 38.9 Å². The molecule has 5 atom stereocenters. The molecule has 3 amide bonds. The molecule has 25 heavy (non-hydrogen) atoms. The fraction of sp³-hybridized carbons (Fsp3) is 0.588. The Morgan fingerprint density at radius 2 is 1.76 bits per heavy atom. The van der Waals surface area contributed by atoms with E-state index in [-0.39, 0.29) is 41.4 Å². The predicted octanol–water partition coefficient (Wildman–Crippen LogP) is 1.80. The van der Waals surface area contributed by atoms with E-state index in [2.05, 4.69) is 15.5 Å². The standard InChI is InChI=1S/C17H20N4O3S/c1-7(2)14-19-20-17(25-14)18-13(22)8(3)21-15(23)11-9-4-5-10(6-9)12(11)16(21)24/h4-5,7-12H,6H2,1-3H3,(H,18,20,22). The lowest BCUT2D eigenvalue weighted by atomic mass is 9.85. The summed E-state index contributed by atoms with van der Waals surface area (Å²) in [5.74, 6) is -0.895. The van der Waals surface area contributed by atoms with E-state index in [1.165, 1.54) is 11.3 Å². The Hall–Kier alpha value is -2.09. The second-order valence-corrected chi connectivity index (χ2v) is 8.32. The molecule has 2 fully saturated rings. The van der Waals surface area contributed by atoms with Gasteiger partial charge in [0.05, 0.1) is 11.8 Å². The van der Waals surface area contributed by atoms with Crippen LogP contribution >= 0.6 is 11.3 Å². The van der Waals surface area contributed by atoms with Crippen molar-refractivity contribution >= 4 is 34.2 Å². The molecule has 1 saturated carbocycles. The lowest BCUT2D eigenvalue weighted by Gasteiger charge is -2.23. The largest absolute Gasteiger partial charge is 0.299 e. The quantitative estimate of drug-likeness (QED) is 0.653. The van der Waals surface area contributed by atoms with Crippen molar-refractivity contribution in [3.8, 4) is 0 Å². The van der Waals surface area contributed by atoms with E-state index in [9.17, 15) is 14.4 Å². The molecule has 7 nitrogen and oxygen atoms in total. The minimum atomic E-state index is -0.851. The molecule has 1 aromatic heterocycles. The zero-order valence-electron chi connectivity index (χ0n) is 14.3. The third-order valence-corrected chi connectivity index (χ3v) is 6.58. The molecule has 3 aliphatic rings. The number of carbonyl (C=O) groups excluding carboxylic acids is 3. The Kier molecular flexibility index (Phi) is 3.75. The lowest BCUT2D eigenvalue weighted by molar-refractivity contribution is -0.146. The summed E-state index contributed by atoms with van der Waals surface area (Å²) in [6.45, 7) is 5.58. The molecule has 2 bridgehead atoms. The van der Waals surface area contributed by atoms with Gasteiger partial charge >= 0.3 is 0 Å². The third-order valence-electron chi connectivity index (χ3n) is 5.44. The molecule has 2 heterocycles. The van der Waals surface area contributed by atoms with Gasteiger partial charge in [-0.25, -0.2) is 0 Å². The first-order valence-electron chi connectivity index (χ1n) is 8.58. The molecule has 5 unspecified atom stereocenters. The number of allylic oxidation sites excluding steroid dienone is 2. The fourth-order valence-corrected chi connectivity index (χ4v) is 4.90. The van der Waals surface area contributed by atoms with Crippen molar-refractivity contribution in [3.63, 3.8) is 0 Å². The Labute approximate surface area is 149 Å². The van der Waals surface area contributed by atoms with E-state index in [1.807, 2.05) is 26.0 Å². The van der Waals surface area contributed by atoms with Crippen LogP contribution in [-0.2, 0) is 14.4 Å². The van der Waals surface area contributed by atoms with Gasteiger partial charge in [-0.3, -0.25) is 24.6 Å². The van der Waals surface area contributed by atoms with Gasteiger partial charge in [0.2, 0.25) is 22.9 Å². The van der Waals surface area contributed by atoms with Crippen molar-refractivity contribution < 1.29 is 14.4 Å². The molecule has 4 rings (SSSR count). The van der Waals surface area contributed by atoms with Crippen molar-refractivity contribution in [2.75, 3.05) is 5.32 Å². The monoisotopic (exact) mass is 360 g/mol. The second-order valence-electron chi connectivity index (χ2n) is 7.31. The van der Waals surface area contributed by atoms with Crippen LogP contribution in [0.5, 0.6) is 0 Å². The molecule has 132 valence electrons. The van der Waals surface area contributed by atoms with Gasteiger partial charge in [-0.15, -0.1) is 10.2 Å². The number of carbonyl (C=O) groups is 3. The van der Waals surface area contributed by atoms with Crippen LogP contribution in [0.15, 0.2) is 12.2 Å². The van der Waals surface area contributed by atoms with Crippen LogP contribution in [0.2, 0.25) is 0 Å². The van der Waals surface area contributed by atoms with Crippen LogP contribution in [0.1, 0.15) is 38.1 Å². The van der Waals surface area contributed by atoms with Crippen molar-refractivity contribution in [3.05, 3.63) is 17.2 Å². The normalized spacial score (nSPS) is 31.1. The van der Waals surface area contributed by atoms with Gasteiger partial charge in [0.25, 0.3) is 0 Å². The molecule has 2 aliphatic carbocycles. The maximum atomic E-state index is 12.7. The Bertz CT molecular complexity index is 757. The second kappa shape index (κ2) is 5.72. The molecule has 0 radical (unpaired) electrons. The molecular formula is C17H20N4O3S. The maximum absolute atomic E-state index is 12.7. The van der Waals surface area contributed by atoms with Crippen LogP contribution in [0.4, 0.5) is 5.13 Å². The van der Waals surface area contributed by atoms with Crippen molar-refractivity contribution in [2.24, 2.45) is 23.7 Å². The summed E-state index contributed by atoms with van der Waals surface area (Å²) >= 11 is 1.31. The van der Waals surface area contributed by atoms with Crippen molar-refractivity contribution in [1.82, 2.24) is 15.1 Å². The molecule has 0 spiro atoms. The summed E-state index contributed by atoms with van der Waals surface area (Å²) in [7, 11) is 0. The van der Waals surface area contributed by atoms with Gasteiger partial charge in [0, 0.05) is 5.92 Å². The van der Waals surface area contributed by atoms with E-state index in [1.54, 1.807) is 6.92 Å². The molecule has 0 aromatic carbocycles. The Morgan fingerprint density at radius 1 is 1.16 bits per heavy atom. The van der Waals surface area contributed by atoms with Crippen molar-refractivity contribution in [2.45, 2.75) is 39.2 Å². The highest BCUT2D eigenvalue weighted by Crippen LogP contribution is 2.52. The molecule has 1 aromatic rings. The highest BCUT2D eigenvalue weighted by Gasteiger charge is 2.60. The number of imide groups is 1. The number of nitrogens with zero attached hydrogens (tertiary/aromatic N) is 3. The highest BCUT2D eigenvalue weighted by molar-refractivity contribution is 7.15. The number of fused-ring (bicyclic) bond motifs is 5. The van der Waals surface area contributed by atoms with Gasteiger partial charge < -0.3 is 0 Å². The van der Waals surface area contributed by atoms with E-state index < -0.39 is 11.9 Å². The number of rotatable bonds is 4. The zero-order chi connectivity index (χ0) is 17.9. The third kappa shape index (κ3) is 2.42. The number of hydrogen-bond donors (Lipinski definition) is 1. The first-order valence-corrected chi connectivity index (χ1v) is 9.39. The number of anilines is 1. The Balaban J connectivity index is 1.49. The highest BCUT2D eigenvalue weighted by atomic mass is 32.1. The van der Waals surface area contributed by atoms with Crippen LogP contribution in [0, 0.1) is 23.7 Å². The summed E-state index contributed by atoms with van der Waals surface area (Å²) in [5.41, 5.74) is 0. The molecule has 8 heteroatoms. The van der Waals surface area contributed by atoms with E-state index in [0.29, 0.717) is 5.13 Å². The summed E-state index contributed by atoms with van der Waals surface area (Å²) in [6, 6.07) is -0.851. The minimum absolute atomic E-state index is 0.142. The van der Waals surface area contributed by atoms with Gasteiger partial charge in [0.15, 0.2) is 0 Å². The minimum Gasteiger partial charge on any atom is -0.299 e. The van der Waals surface area contributed by atoms with E-state index in [0.717, 1.165) is 16.3 Å². The van der Waals surface area contributed by atoms with Crippen LogP contribution in [0.25, 0.3) is 0 Å². The number of amides is 3. The lowest BCUT2D eigenvalue weighted by Crippen LogP contribution is -2.46. The average molecular weight is 360 g/mol. The first-order chi connectivity index (χ1) is 11.9. The van der Waals surface area contributed by atoms with E-state index >= 15 is 0 Å². The fourth-order valence-electron chi connectivity index (χ4n) is 4.15. The van der Waals surface area contributed by atoms with Gasteiger partial charge in [0.1, 0.15) is 11.0 Å². The molecule has 1 saturated heterocycles. The van der Waals surface area contributed by atoms with E-state index in [4.69, 9.17) is 0 Å². The summed E-state index contributed by atoms with van der Waals surface area (Å²) < 4.78 is 0. The summed E-state index contributed by atoms with van der Waals surface area (Å²) in [5, 5.41) is 11.9. The van der Waals surface area contributed by atoms with Gasteiger partial charge in [-0.05, 0) is 25.2 Å². The predicted molar refractivity (Wildman–Crippen MR) is 91.7 cm³/mol. The molecule has 1 N–H and O–H groups in total. The maximum Gasteiger partial charge on any atom is 0.249 e. The zero-order valence-corrected chi connectivity index (χ0v) is 15.1. The molecular weight excluding hydrogens is 340 g/mol. The average Bonchev–Trinajstić information content (AvgIpc) is 3.31. The summed E-state index contributed by atoms with van der Waals surface area (Å²) in [4.78, 5) is 39.2. The van der Waals surface area contributed by atoms with Crippen LogP contribution in [0.3, 0.4) is 0 Å². The smallest absolute Gasteiger partial charge is 0.249 e.